The molecule has 1 unspecified atom stereocenters. The molecule has 0 spiro atoms. The zero-order chi connectivity index (χ0) is 54.3. The number of unbranched alkanes of at least 4 members (excludes halogenated alkanes) is 54. The van der Waals surface area contributed by atoms with E-state index < -0.39 is 6.10 Å². The van der Waals surface area contributed by atoms with Gasteiger partial charge in [0.05, 0.1) is 0 Å². The summed E-state index contributed by atoms with van der Waals surface area (Å²) in [6.07, 6.45) is 75.6. The average Bonchev–Trinajstić information content (AvgIpc) is 3.41. The lowest BCUT2D eigenvalue weighted by Crippen LogP contribution is -2.30. The van der Waals surface area contributed by atoms with Crippen molar-refractivity contribution in [3.63, 3.8) is 0 Å². The molecule has 0 heterocycles. The van der Waals surface area contributed by atoms with Crippen LogP contribution >= 0.6 is 0 Å². The molecule has 75 heavy (non-hydrogen) atoms. The summed E-state index contributed by atoms with van der Waals surface area (Å²) in [7, 11) is 0. The van der Waals surface area contributed by atoms with Gasteiger partial charge in [0.15, 0.2) is 6.10 Å². The number of esters is 3. The first-order valence-electron chi connectivity index (χ1n) is 34.5. The Morgan fingerprint density at radius 2 is 0.360 bits per heavy atom. The Kier molecular flexibility index (Phi) is 63.6. The van der Waals surface area contributed by atoms with Gasteiger partial charge in [-0.05, 0) is 19.3 Å². The van der Waals surface area contributed by atoms with E-state index in [4.69, 9.17) is 14.2 Å². The van der Waals surface area contributed by atoms with Gasteiger partial charge in [-0.3, -0.25) is 14.4 Å². The van der Waals surface area contributed by atoms with Crippen LogP contribution in [0.25, 0.3) is 0 Å². The fourth-order valence-electron chi connectivity index (χ4n) is 10.9. The van der Waals surface area contributed by atoms with E-state index in [1.165, 1.54) is 308 Å². The molecule has 0 amide bonds. The Hall–Kier alpha value is -1.59. The highest BCUT2D eigenvalue weighted by Crippen LogP contribution is 2.19. The van der Waals surface area contributed by atoms with Gasteiger partial charge in [0.25, 0.3) is 0 Å². The molecule has 1 atom stereocenters. The maximum absolute atomic E-state index is 12.9. The third-order valence-corrected chi connectivity index (χ3v) is 16.1. The highest BCUT2D eigenvalue weighted by atomic mass is 16.6. The molecule has 6 heteroatoms. The van der Waals surface area contributed by atoms with Crippen molar-refractivity contribution in [1.29, 1.82) is 0 Å². The summed E-state index contributed by atoms with van der Waals surface area (Å²) >= 11 is 0. The molecule has 0 aliphatic carbocycles. The van der Waals surface area contributed by atoms with Crippen molar-refractivity contribution in [2.24, 2.45) is 0 Å². The van der Waals surface area contributed by atoms with Crippen molar-refractivity contribution in [2.45, 2.75) is 412 Å². The number of hydrogen-bond acceptors (Lipinski definition) is 6. The molecule has 0 bridgehead atoms. The number of carbonyl (C=O) groups excluding carboxylic acids is 3. The second-order valence-electron chi connectivity index (χ2n) is 23.8. The average molecular weight is 1060 g/mol. The van der Waals surface area contributed by atoms with Crippen molar-refractivity contribution < 1.29 is 28.6 Å². The monoisotopic (exact) mass is 1060 g/mol. The number of ether oxygens (including phenoxy) is 3. The second kappa shape index (κ2) is 64.9. The summed E-state index contributed by atoms with van der Waals surface area (Å²) in [5.74, 6) is -0.823. The maximum atomic E-state index is 12.9. The van der Waals surface area contributed by atoms with Crippen molar-refractivity contribution in [1.82, 2.24) is 0 Å². The van der Waals surface area contributed by atoms with E-state index in [1.54, 1.807) is 0 Å². The largest absolute Gasteiger partial charge is 0.462 e. The summed E-state index contributed by atoms with van der Waals surface area (Å²) in [5.41, 5.74) is 0. The predicted octanol–water partition coefficient (Wildman–Crippen LogP) is 23.5. The SMILES string of the molecule is CCCCCCCCCCCCCCCCCCCCCCCCCCCC(=O)OCC(COC(=O)CCCCCCCCCCCCCC)OC(=O)CCCCCCCCCCCCCCCCCCCCCC. The quantitative estimate of drug-likeness (QED) is 0.0343. The van der Waals surface area contributed by atoms with Gasteiger partial charge >= 0.3 is 17.9 Å². The molecule has 0 aromatic heterocycles. The van der Waals surface area contributed by atoms with Crippen molar-refractivity contribution >= 4 is 17.9 Å². The van der Waals surface area contributed by atoms with Crippen LogP contribution in [-0.4, -0.2) is 37.2 Å². The van der Waals surface area contributed by atoms with E-state index >= 15 is 0 Å². The van der Waals surface area contributed by atoms with Gasteiger partial charge in [0, 0.05) is 19.3 Å². The second-order valence-corrected chi connectivity index (χ2v) is 23.8. The Morgan fingerprint density at radius 3 is 0.533 bits per heavy atom. The first-order valence-corrected chi connectivity index (χ1v) is 34.5. The molecule has 0 aromatic rings. The molecule has 0 saturated heterocycles. The minimum Gasteiger partial charge on any atom is -0.462 e. The summed E-state index contributed by atoms with van der Waals surface area (Å²) in [6, 6.07) is 0. The highest BCUT2D eigenvalue weighted by Gasteiger charge is 2.19. The fraction of sp³-hybridized carbons (Fsp3) is 0.957. The van der Waals surface area contributed by atoms with Crippen LogP contribution < -0.4 is 0 Å². The molecule has 0 radical (unpaired) electrons. The lowest BCUT2D eigenvalue weighted by atomic mass is 10.0. The Bertz CT molecular complexity index is 1120. The molecule has 0 fully saturated rings. The Balaban J connectivity index is 4.17. The molecule has 0 aromatic carbocycles. The standard InChI is InChI=1S/C69H134O6/c1-4-7-10-13-16-19-22-25-27-29-31-33-34-35-36-37-39-40-42-44-47-50-53-56-59-62-68(71)74-65-66(64-73-67(70)61-58-55-52-49-46-24-21-18-15-12-9-6-3)75-69(72)63-60-57-54-51-48-45-43-41-38-32-30-28-26-23-20-17-14-11-8-5-2/h66H,4-65H2,1-3H3. The lowest BCUT2D eigenvalue weighted by molar-refractivity contribution is -0.167. The first-order chi connectivity index (χ1) is 37.0. The summed E-state index contributed by atoms with van der Waals surface area (Å²) in [5, 5.41) is 0. The molecule has 446 valence electrons. The van der Waals surface area contributed by atoms with Crippen LogP contribution in [0, 0.1) is 0 Å². The van der Waals surface area contributed by atoms with E-state index in [1.807, 2.05) is 0 Å². The van der Waals surface area contributed by atoms with Crippen molar-refractivity contribution in [3.8, 4) is 0 Å². The third-order valence-electron chi connectivity index (χ3n) is 16.1. The predicted molar refractivity (Wildman–Crippen MR) is 326 cm³/mol. The minimum absolute atomic E-state index is 0.0604. The molecule has 0 N–H and O–H groups in total. The van der Waals surface area contributed by atoms with Gasteiger partial charge in [0.1, 0.15) is 13.2 Å². The molecule has 0 saturated carbocycles. The Morgan fingerprint density at radius 1 is 0.213 bits per heavy atom. The van der Waals surface area contributed by atoms with E-state index in [-0.39, 0.29) is 31.1 Å². The molecule has 6 nitrogen and oxygen atoms in total. The highest BCUT2D eigenvalue weighted by molar-refractivity contribution is 5.71. The lowest BCUT2D eigenvalue weighted by Gasteiger charge is -2.18. The van der Waals surface area contributed by atoms with Crippen LogP contribution in [0.2, 0.25) is 0 Å². The Labute approximate surface area is 469 Å². The summed E-state index contributed by atoms with van der Waals surface area (Å²) < 4.78 is 17.0. The van der Waals surface area contributed by atoms with Gasteiger partial charge in [-0.25, -0.2) is 0 Å². The summed E-state index contributed by atoms with van der Waals surface area (Å²) in [4.78, 5) is 38.3. The van der Waals surface area contributed by atoms with Crippen LogP contribution in [0.5, 0.6) is 0 Å². The van der Waals surface area contributed by atoms with Crippen LogP contribution in [0.15, 0.2) is 0 Å². The minimum atomic E-state index is -0.762. The van der Waals surface area contributed by atoms with E-state index in [9.17, 15) is 14.4 Å². The van der Waals surface area contributed by atoms with Gasteiger partial charge in [-0.1, -0.05) is 367 Å². The van der Waals surface area contributed by atoms with Gasteiger partial charge in [-0.15, -0.1) is 0 Å². The summed E-state index contributed by atoms with van der Waals surface area (Å²) in [6.45, 7) is 6.73. The zero-order valence-electron chi connectivity index (χ0n) is 51.4. The van der Waals surface area contributed by atoms with Crippen molar-refractivity contribution in [3.05, 3.63) is 0 Å². The number of hydrogen-bond donors (Lipinski definition) is 0. The first kappa shape index (κ1) is 73.4. The van der Waals surface area contributed by atoms with Crippen LogP contribution in [0.4, 0.5) is 0 Å². The van der Waals surface area contributed by atoms with E-state index in [2.05, 4.69) is 20.8 Å². The topological polar surface area (TPSA) is 78.9 Å². The van der Waals surface area contributed by atoms with Gasteiger partial charge < -0.3 is 14.2 Å². The molecule has 0 aliphatic rings. The van der Waals surface area contributed by atoms with Crippen molar-refractivity contribution in [2.75, 3.05) is 13.2 Å². The molecule has 0 rings (SSSR count). The third kappa shape index (κ3) is 63.1. The van der Waals surface area contributed by atoms with Gasteiger partial charge in [0.2, 0.25) is 0 Å². The maximum Gasteiger partial charge on any atom is 0.306 e. The smallest absolute Gasteiger partial charge is 0.306 e. The van der Waals surface area contributed by atoms with E-state index in [0.29, 0.717) is 19.3 Å². The van der Waals surface area contributed by atoms with Crippen LogP contribution in [0.3, 0.4) is 0 Å². The fourth-order valence-corrected chi connectivity index (χ4v) is 10.9. The molecular weight excluding hydrogens is 925 g/mol. The number of rotatable bonds is 65. The molecule has 0 aliphatic heterocycles. The van der Waals surface area contributed by atoms with E-state index in [0.717, 1.165) is 57.8 Å². The molecular formula is C69H134O6. The normalized spacial score (nSPS) is 11.9. The number of carbonyl (C=O) groups is 3. The van der Waals surface area contributed by atoms with Gasteiger partial charge in [-0.2, -0.15) is 0 Å². The van der Waals surface area contributed by atoms with Crippen LogP contribution in [0.1, 0.15) is 406 Å². The zero-order valence-corrected chi connectivity index (χ0v) is 51.4. The van der Waals surface area contributed by atoms with Crippen LogP contribution in [-0.2, 0) is 28.6 Å².